The van der Waals surface area contributed by atoms with E-state index in [1.165, 1.54) is 10.9 Å². The summed E-state index contributed by atoms with van der Waals surface area (Å²) in [6, 6.07) is 0.264. The van der Waals surface area contributed by atoms with Gasteiger partial charge in [-0.05, 0) is 26.7 Å². The number of carbonyl (C=O) groups excluding carboxylic acids is 2. The molecule has 0 aromatic carbocycles. The number of aliphatic hydroxyl groups is 1. The number of carbonyl (C=O) groups is 2. The summed E-state index contributed by atoms with van der Waals surface area (Å²) in [4.78, 5) is 36.4. The number of hydrogen-bond donors (Lipinski definition) is 4. The normalized spacial score (nSPS) is 25.8. The van der Waals surface area contributed by atoms with Crippen molar-refractivity contribution in [1.82, 2.24) is 29.7 Å². The van der Waals surface area contributed by atoms with Gasteiger partial charge in [-0.25, -0.2) is 29.5 Å². The maximum atomic E-state index is 16.1. The van der Waals surface area contributed by atoms with Crippen molar-refractivity contribution < 1.29 is 42.4 Å². The molecule has 40 heavy (non-hydrogen) atoms. The second-order valence-electron chi connectivity index (χ2n) is 9.14. The van der Waals surface area contributed by atoms with Gasteiger partial charge in [0, 0.05) is 6.04 Å². The average molecular weight is 584 g/mol. The number of fused-ring (bicyclic) bond motifs is 1. The molecular weight excluding hydrogens is 552 g/mol. The zero-order valence-corrected chi connectivity index (χ0v) is 23.0. The van der Waals surface area contributed by atoms with E-state index >= 15 is 4.39 Å². The molecule has 1 saturated carbocycles. The number of alkyl halides is 1. The van der Waals surface area contributed by atoms with E-state index in [1.807, 2.05) is 5.92 Å². The highest BCUT2D eigenvalue weighted by atomic mass is 31.2. The number of aliphatic hydroxyl groups excluding tert-OH is 1. The number of esters is 2. The molecule has 0 radical (unpaired) electrons. The average Bonchev–Trinajstić information content (AvgIpc) is 3.60. The molecule has 1 aliphatic carbocycles. The Balaban J connectivity index is 1.55. The molecule has 2 unspecified atom stereocenters. The lowest BCUT2D eigenvalue weighted by Gasteiger charge is -2.24. The third-order valence-corrected chi connectivity index (χ3v) is 7.85. The molecule has 1 aliphatic heterocycles. The lowest BCUT2D eigenvalue weighted by molar-refractivity contribution is -0.141. The lowest BCUT2D eigenvalue weighted by atomic mass is 9.97. The van der Waals surface area contributed by atoms with Gasteiger partial charge in [0.05, 0.1) is 26.7 Å². The number of methoxy groups -OCH3 is 1. The number of aryl methyl sites for hydroxylation is 1. The maximum Gasteiger partial charge on any atom is 0.341 e. The Labute approximate surface area is 229 Å². The number of nitrogens with one attached hydrogen (secondary N) is 3. The van der Waals surface area contributed by atoms with Crippen LogP contribution in [-0.4, -0.2) is 93.9 Å². The van der Waals surface area contributed by atoms with E-state index in [0.29, 0.717) is 17.2 Å². The van der Waals surface area contributed by atoms with Crippen molar-refractivity contribution in [2.24, 2.45) is 0 Å². The summed E-state index contributed by atoms with van der Waals surface area (Å²) in [7, 11) is -3.02. The third-order valence-electron chi connectivity index (χ3n) is 6.19. The van der Waals surface area contributed by atoms with Crippen LogP contribution in [0.1, 0.15) is 31.8 Å². The second kappa shape index (κ2) is 12.1. The number of hydrogen-bond acceptors (Lipinski definition) is 12. The molecule has 218 valence electrons. The summed E-state index contributed by atoms with van der Waals surface area (Å²) in [5.41, 5.74) is -2.16. The van der Waals surface area contributed by atoms with Gasteiger partial charge in [-0.2, -0.15) is 0 Å². The van der Waals surface area contributed by atoms with Crippen LogP contribution in [0.5, 0.6) is 0 Å². The fraction of sp³-hybridized carbons (Fsp3) is 0.609. The van der Waals surface area contributed by atoms with Crippen LogP contribution >= 0.6 is 7.67 Å². The van der Waals surface area contributed by atoms with Gasteiger partial charge >= 0.3 is 19.6 Å². The van der Waals surface area contributed by atoms with Gasteiger partial charge < -0.3 is 29.2 Å². The number of ether oxygens (including phenoxy) is 3. The van der Waals surface area contributed by atoms with Crippen molar-refractivity contribution >= 4 is 36.6 Å². The molecule has 15 nitrogen and oxygen atoms in total. The fourth-order valence-corrected chi connectivity index (χ4v) is 5.30. The molecule has 2 fully saturated rings. The van der Waals surface area contributed by atoms with Crippen LogP contribution in [0.4, 0.5) is 10.2 Å². The van der Waals surface area contributed by atoms with Crippen molar-refractivity contribution in [3.05, 3.63) is 12.2 Å². The monoisotopic (exact) mass is 583 g/mol. The fourth-order valence-electron chi connectivity index (χ4n) is 3.98. The molecule has 3 heterocycles. The maximum absolute atomic E-state index is 16.1. The number of nitrogens with zero attached hydrogens (tertiary/aromatic N) is 4. The van der Waals surface area contributed by atoms with Gasteiger partial charge in [-0.15, -0.1) is 6.42 Å². The first-order chi connectivity index (χ1) is 19.0. The van der Waals surface area contributed by atoms with Crippen LogP contribution in [0.15, 0.2) is 6.33 Å². The number of terminal acetylenes is 1. The van der Waals surface area contributed by atoms with E-state index in [0.717, 1.165) is 20.0 Å². The Kier molecular flexibility index (Phi) is 9.03. The number of imidazole rings is 1. The molecule has 17 heteroatoms. The minimum Gasteiger partial charge on any atom is -0.468 e. The summed E-state index contributed by atoms with van der Waals surface area (Å²) < 4.78 is 51.2. The van der Waals surface area contributed by atoms with Crippen molar-refractivity contribution in [2.75, 3.05) is 38.7 Å². The number of anilines is 1. The minimum atomic E-state index is -4.15. The number of rotatable bonds is 13. The third kappa shape index (κ3) is 6.41. The molecule has 2 aliphatic rings. The van der Waals surface area contributed by atoms with E-state index in [4.69, 9.17) is 20.4 Å². The molecule has 4 rings (SSSR count). The molecule has 5 atom stereocenters. The minimum absolute atomic E-state index is 0.0843. The van der Waals surface area contributed by atoms with Crippen LogP contribution < -0.4 is 15.5 Å². The smallest absolute Gasteiger partial charge is 0.341 e. The molecule has 2 aromatic heterocycles. The number of halogens is 1. The van der Waals surface area contributed by atoms with Crippen LogP contribution in [0.25, 0.3) is 11.2 Å². The molecule has 2 aromatic rings. The zero-order valence-electron chi connectivity index (χ0n) is 22.1. The highest BCUT2D eigenvalue weighted by Gasteiger charge is 2.58. The standard InChI is InChI=1S/C23H31FN7O8P/c1-5-23(24)19(34)15(11-38-40(35,26-9-16(32)36-4)27-10-17(33)37-6-2)39-22(23)31-12-25-18-20(30-14-7-8-14)28-13(3)29-21(18)31/h1,12,14-15,19,22,34H,6-11H2,2-4H3,(H2,26,27,35)(H,28,29,30)/t15-,19+,22-,23?,40?/m1/s1. The Hall–Kier alpha value is -3.19. The first-order valence-electron chi connectivity index (χ1n) is 12.5. The predicted molar refractivity (Wildman–Crippen MR) is 138 cm³/mol. The van der Waals surface area contributed by atoms with Gasteiger partial charge in [0.1, 0.15) is 31.1 Å². The van der Waals surface area contributed by atoms with E-state index in [1.54, 1.807) is 13.8 Å². The van der Waals surface area contributed by atoms with Gasteiger partial charge in [0.15, 0.2) is 23.2 Å². The van der Waals surface area contributed by atoms with Crippen LogP contribution in [0.3, 0.4) is 0 Å². The van der Waals surface area contributed by atoms with Gasteiger partial charge in [0.2, 0.25) is 5.67 Å². The number of aromatic nitrogens is 4. The zero-order chi connectivity index (χ0) is 29.1. The highest BCUT2D eigenvalue weighted by Crippen LogP contribution is 2.45. The van der Waals surface area contributed by atoms with Crippen LogP contribution in [0, 0.1) is 19.3 Å². The first-order valence-corrected chi connectivity index (χ1v) is 14.1. The summed E-state index contributed by atoms with van der Waals surface area (Å²) in [5, 5.41) is 18.8. The summed E-state index contributed by atoms with van der Waals surface area (Å²) in [6.45, 7) is 1.61. The largest absolute Gasteiger partial charge is 0.468 e. The topological polar surface area (TPSA) is 188 Å². The molecule has 1 saturated heterocycles. The Morgan fingerprint density at radius 3 is 2.65 bits per heavy atom. The predicted octanol–water partition coefficient (Wildman–Crippen LogP) is 0.349. The van der Waals surface area contributed by atoms with Crippen molar-refractivity contribution in [1.29, 1.82) is 0 Å². The van der Waals surface area contributed by atoms with E-state index in [2.05, 4.69) is 35.2 Å². The first kappa shape index (κ1) is 29.8. The summed E-state index contributed by atoms with van der Waals surface area (Å²) >= 11 is 0. The molecular formula is C23H31FN7O8P. The molecule has 0 amide bonds. The van der Waals surface area contributed by atoms with E-state index in [9.17, 15) is 19.3 Å². The molecule has 0 bridgehead atoms. The van der Waals surface area contributed by atoms with Gasteiger partial charge in [0.25, 0.3) is 0 Å². The quantitative estimate of drug-likeness (QED) is 0.144. The summed E-state index contributed by atoms with van der Waals surface area (Å²) in [6.07, 6.45) is 3.85. The van der Waals surface area contributed by atoms with Gasteiger partial charge in [-0.1, -0.05) is 5.92 Å². The molecule has 4 N–H and O–H groups in total. The summed E-state index contributed by atoms with van der Waals surface area (Å²) in [5.74, 6) is 1.34. The Bertz CT molecular complexity index is 1350. The Morgan fingerprint density at radius 1 is 1.32 bits per heavy atom. The van der Waals surface area contributed by atoms with Crippen LogP contribution in [0.2, 0.25) is 0 Å². The SMILES string of the molecule is C#CC1(F)[C@@H](O)[C@@H](COP(=O)(NCC(=O)OC)NCC(=O)OCC)O[C@H]1n1cnc2c(NC3CC3)nc(C)nc21. The van der Waals surface area contributed by atoms with Crippen molar-refractivity contribution in [3.63, 3.8) is 0 Å². The second-order valence-corrected chi connectivity index (χ2v) is 11.1. The highest BCUT2D eigenvalue weighted by molar-refractivity contribution is 7.54. The van der Waals surface area contributed by atoms with Crippen molar-refractivity contribution in [3.8, 4) is 12.3 Å². The van der Waals surface area contributed by atoms with Crippen molar-refractivity contribution in [2.45, 2.75) is 56.8 Å². The Morgan fingerprint density at radius 2 is 2.02 bits per heavy atom. The van der Waals surface area contributed by atoms with E-state index < -0.39 is 63.4 Å². The lowest BCUT2D eigenvalue weighted by Crippen LogP contribution is -2.42. The van der Waals surface area contributed by atoms with Gasteiger partial charge in [-0.3, -0.25) is 18.7 Å². The van der Waals surface area contributed by atoms with Crippen LogP contribution in [-0.2, 0) is 32.9 Å². The van der Waals surface area contributed by atoms with E-state index in [-0.39, 0.29) is 18.3 Å². The molecule has 0 spiro atoms.